The minimum atomic E-state index is -0.443. The zero-order valence-electron chi connectivity index (χ0n) is 23.8. The normalized spacial score (nSPS) is 16.2. The van der Waals surface area contributed by atoms with Crippen molar-refractivity contribution in [1.82, 2.24) is 15.2 Å². The number of methoxy groups -OCH3 is 2. The third-order valence-electron chi connectivity index (χ3n) is 7.61. The van der Waals surface area contributed by atoms with E-state index in [1.807, 2.05) is 41.3 Å². The number of fused-ring (bicyclic) bond motifs is 6. The first kappa shape index (κ1) is 27.9. The number of phenols is 1. The van der Waals surface area contributed by atoms with Gasteiger partial charge in [-0.3, -0.25) is 9.59 Å². The largest absolute Gasteiger partial charge is 0.507 e. The van der Waals surface area contributed by atoms with Crippen molar-refractivity contribution in [1.29, 1.82) is 0 Å². The maximum Gasteiger partial charge on any atom is 0.260 e. The number of phenolic OH excluding ortho intramolecular Hbond substituents is 1. The molecule has 3 aliphatic heterocycles. The molecule has 0 saturated heterocycles. The molecule has 0 fully saturated rings. The number of nitrogens with one attached hydrogen (secondary N) is 1. The number of carbonyl (C=O) groups excluding carboxylic acids is 2. The van der Waals surface area contributed by atoms with E-state index in [0.29, 0.717) is 61.1 Å². The Morgan fingerprint density at radius 2 is 1.88 bits per heavy atom. The van der Waals surface area contributed by atoms with E-state index in [-0.39, 0.29) is 23.1 Å². The molecule has 3 aliphatic rings. The lowest BCUT2D eigenvalue weighted by atomic mass is 9.87. The highest BCUT2D eigenvalue weighted by atomic mass is 16.5. The van der Waals surface area contributed by atoms with E-state index < -0.39 is 11.9 Å². The number of ether oxygens (including phenoxy) is 4. The standard InChI is InChI=1S/C33H31N3O7/c1-40-28-11-6-21-18-29(28)42-16-4-14-34-31(38)26-19-23(8-10-27(26)37)43-22-7-9-24-20(17-22)12-15-36(30(21)24)33(39)25-5-3-13-35-32(25)41-2/h3,5-11,13,17-19,30,37H,4,12,14-16H2,1-2H3,(H,34,38). The molecule has 10 nitrogen and oxygen atoms in total. The van der Waals surface area contributed by atoms with Crippen LogP contribution in [0.4, 0.5) is 0 Å². The average Bonchev–Trinajstić information content (AvgIpc) is 3.04. The number of hydrogen-bond acceptors (Lipinski definition) is 8. The van der Waals surface area contributed by atoms with Gasteiger partial charge >= 0.3 is 0 Å². The van der Waals surface area contributed by atoms with E-state index in [2.05, 4.69) is 10.3 Å². The summed E-state index contributed by atoms with van der Waals surface area (Å²) in [5.74, 6) is 1.58. The molecule has 1 aromatic heterocycles. The first-order valence-electron chi connectivity index (χ1n) is 14.0. The van der Waals surface area contributed by atoms with Crippen molar-refractivity contribution in [2.45, 2.75) is 18.9 Å². The molecule has 0 spiro atoms. The number of carbonyl (C=O) groups is 2. The van der Waals surface area contributed by atoms with E-state index in [4.69, 9.17) is 18.9 Å². The van der Waals surface area contributed by atoms with E-state index in [9.17, 15) is 14.7 Å². The van der Waals surface area contributed by atoms with Crippen molar-refractivity contribution in [2.24, 2.45) is 0 Å². The van der Waals surface area contributed by atoms with Gasteiger partial charge < -0.3 is 34.3 Å². The molecule has 1 atom stereocenters. The summed E-state index contributed by atoms with van der Waals surface area (Å²) in [6, 6.07) is 19.0. The Morgan fingerprint density at radius 3 is 2.72 bits per heavy atom. The van der Waals surface area contributed by atoms with Crippen LogP contribution in [0.15, 0.2) is 72.9 Å². The second kappa shape index (κ2) is 11.9. The fourth-order valence-electron chi connectivity index (χ4n) is 5.54. The van der Waals surface area contributed by atoms with Crippen LogP contribution in [-0.4, -0.2) is 60.7 Å². The Balaban J connectivity index is 1.47. The average molecular weight is 582 g/mol. The van der Waals surface area contributed by atoms with Gasteiger partial charge in [-0.25, -0.2) is 4.98 Å². The molecule has 8 bridgehead atoms. The molecule has 4 aromatic rings. The van der Waals surface area contributed by atoms with Crippen LogP contribution in [-0.2, 0) is 6.42 Å². The molecular formula is C33H31N3O7. The highest BCUT2D eigenvalue weighted by Gasteiger charge is 2.35. The number of aromatic hydroxyl groups is 1. The molecule has 4 heterocycles. The lowest BCUT2D eigenvalue weighted by Gasteiger charge is -2.38. The van der Waals surface area contributed by atoms with Gasteiger partial charge in [0.25, 0.3) is 11.8 Å². The van der Waals surface area contributed by atoms with E-state index in [1.54, 1.807) is 31.5 Å². The van der Waals surface area contributed by atoms with Gasteiger partial charge in [-0.1, -0.05) is 12.1 Å². The lowest BCUT2D eigenvalue weighted by Crippen LogP contribution is -2.40. The van der Waals surface area contributed by atoms with Crippen LogP contribution in [0.2, 0.25) is 0 Å². The Labute approximate surface area is 248 Å². The highest BCUT2D eigenvalue weighted by Crippen LogP contribution is 2.41. The van der Waals surface area contributed by atoms with Gasteiger partial charge in [0.15, 0.2) is 11.5 Å². The minimum absolute atomic E-state index is 0.118. The second-order valence-corrected chi connectivity index (χ2v) is 10.2. The van der Waals surface area contributed by atoms with E-state index >= 15 is 0 Å². The van der Waals surface area contributed by atoms with Crippen molar-refractivity contribution < 1.29 is 33.6 Å². The molecular weight excluding hydrogens is 550 g/mol. The van der Waals surface area contributed by atoms with Crippen LogP contribution in [0, 0.1) is 0 Å². The summed E-state index contributed by atoms with van der Waals surface area (Å²) in [6.45, 7) is 1.06. The SMILES string of the molecule is COc1ccc2cc1OCCCNC(=O)c1cc(ccc1O)Oc1ccc3c(c1)CCN(C(=O)c1cccnc1OC)C23. The van der Waals surface area contributed by atoms with Crippen molar-refractivity contribution in [3.05, 3.63) is 101 Å². The number of hydrogen-bond donors (Lipinski definition) is 2. The van der Waals surface area contributed by atoms with Crippen molar-refractivity contribution in [2.75, 3.05) is 33.9 Å². The Hall–Kier alpha value is -5.25. The second-order valence-electron chi connectivity index (χ2n) is 10.2. The number of rotatable bonds is 3. The van der Waals surface area contributed by atoms with Crippen LogP contribution in [0.5, 0.6) is 34.6 Å². The summed E-state index contributed by atoms with van der Waals surface area (Å²) in [7, 11) is 3.07. The number of pyridine rings is 1. The molecule has 0 saturated carbocycles. The van der Waals surface area contributed by atoms with Gasteiger partial charge in [-0.15, -0.1) is 0 Å². The van der Waals surface area contributed by atoms with Gasteiger partial charge in [-0.05, 0) is 84.1 Å². The molecule has 10 heteroatoms. The van der Waals surface area contributed by atoms with E-state index in [0.717, 1.165) is 16.7 Å². The van der Waals surface area contributed by atoms with Gasteiger partial charge in [0.1, 0.15) is 22.8 Å². The summed E-state index contributed by atoms with van der Waals surface area (Å²) in [6.07, 6.45) is 2.69. The molecule has 0 aliphatic carbocycles. The summed E-state index contributed by atoms with van der Waals surface area (Å²) in [5.41, 5.74) is 3.30. The van der Waals surface area contributed by atoms with Crippen LogP contribution in [0.3, 0.4) is 0 Å². The summed E-state index contributed by atoms with van der Waals surface area (Å²) in [5, 5.41) is 13.1. The number of nitrogens with zero attached hydrogens (tertiary/aromatic N) is 2. The Kier molecular flexibility index (Phi) is 7.74. The monoisotopic (exact) mass is 581 g/mol. The molecule has 220 valence electrons. The molecule has 2 amide bonds. The van der Waals surface area contributed by atoms with Crippen molar-refractivity contribution >= 4 is 11.8 Å². The summed E-state index contributed by atoms with van der Waals surface area (Å²) >= 11 is 0. The predicted octanol–water partition coefficient (Wildman–Crippen LogP) is 4.90. The van der Waals surface area contributed by atoms with Gasteiger partial charge in [0.2, 0.25) is 5.88 Å². The Bertz CT molecular complexity index is 1690. The Morgan fingerprint density at radius 1 is 1.05 bits per heavy atom. The summed E-state index contributed by atoms with van der Waals surface area (Å²) < 4.78 is 23.3. The molecule has 1 unspecified atom stereocenters. The van der Waals surface area contributed by atoms with Gasteiger partial charge in [0.05, 0.1) is 32.4 Å². The maximum absolute atomic E-state index is 14.1. The number of benzene rings is 3. The smallest absolute Gasteiger partial charge is 0.260 e. The zero-order chi connectivity index (χ0) is 29.9. The zero-order valence-corrected chi connectivity index (χ0v) is 23.8. The first-order chi connectivity index (χ1) is 21.0. The fourth-order valence-corrected chi connectivity index (χ4v) is 5.54. The first-order valence-corrected chi connectivity index (χ1v) is 14.0. The maximum atomic E-state index is 14.1. The molecule has 2 N–H and O–H groups in total. The number of aromatic nitrogens is 1. The molecule has 43 heavy (non-hydrogen) atoms. The van der Waals surface area contributed by atoms with Crippen molar-refractivity contribution in [3.8, 4) is 34.6 Å². The predicted molar refractivity (Wildman–Crippen MR) is 157 cm³/mol. The summed E-state index contributed by atoms with van der Waals surface area (Å²) in [4.78, 5) is 32.9. The quantitative estimate of drug-likeness (QED) is 0.351. The highest BCUT2D eigenvalue weighted by molar-refractivity contribution is 5.97. The van der Waals surface area contributed by atoms with E-state index in [1.165, 1.54) is 19.2 Å². The fraction of sp³-hybridized carbons (Fsp3) is 0.242. The van der Waals surface area contributed by atoms with Gasteiger partial charge in [0, 0.05) is 19.3 Å². The van der Waals surface area contributed by atoms with Crippen LogP contribution in [0.25, 0.3) is 0 Å². The van der Waals surface area contributed by atoms with Crippen molar-refractivity contribution in [3.63, 3.8) is 0 Å². The van der Waals surface area contributed by atoms with Gasteiger partial charge in [-0.2, -0.15) is 0 Å². The van der Waals surface area contributed by atoms with Crippen LogP contribution < -0.4 is 24.3 Å². The van der Waals surface area contributed by atoms with Crippen LogP contribution >= 0.6 is 0 Å². The number of amides is 2. The molecule has 7 rings (SSSR count). The third-order valence-corrected chi connectivity index (χ3v) is 7.61. The lowest BCUT2D eigenvalue weighted by molar-refractivity contribution is 0.0689. The van der Waals surface area contributed by atoms with Crippen LogP contribution in [0.1, 0.15) is 49.9 Å². The molecule has 0 radical (unpaired) electrons. The minimum Gasteiger partial charge on any atom is -0.507 e. The topological polar surface area (TPSA) is 119 Å². The third kappa shape index (κ3) is 5.51. The molecule has 3 aromatic carbocycles.